The van der Waals surface area contributed by atoms with E-state index in [9.17, 15) is 0 Å². The van der Waals surface area contributed by atoms with Gasteiger partial charge in [-0.05, 0) is 13.2 Å². The first-order valence-electron chi connectivity index (χ1n) is 3.07. The third kappa shape index (κ3) is 3.72. The average molecular weight is 171 g/mol. The summed E-state index contributed by atoms with van der Waals surface area (Å²) < 4.78 is 0. The summed E-state index contributed by atoms with van der Waals surface area (Å²) in [4.78, 5) is 3.98. The molecule has 0 bridgehead atoms. The number of hydrogen-bond acceptors (Lipinski definition) is 3. The Labute approximate surface area is 71.2 Å². The van der Waals surface area contributed by atoms with Crippen molar-refractivity contribution in [2.24, 2.45) is 16.5 Å². The summed E-state index contributed by atoms with van der Waals surface area (Å²) in [6, 6.07) is 0. The van der Waals surface area contributed by atoms with Crippen molar-refractivity contribution in [1.82, 2.24) is 0 Å². The zero-order valence-corrected chi connectivity index (χ0v) is 7.61. The van der Waals surface area contributed by atoms with Gasteiger partial charge in [-0.2, -0.15) is 0 Å². The van der Waals surface area contributed by atoms with Crippen LogP contribution in [0.5, 0.6) is 0 Å². The van der Waals surface area contributed by atoms with Crippen LogP contribution in [-0.4, -0.2) is 12.1 Å². The lowest BCUT2D eigenvalue weighted by molar-refractivity contribution is 1.39. The molecule has 0 aromatic heterocycles. The van der Waals surface area contributed by atoms with E-state index in [0.29, 0.717) is 10.9 Å². The molecule has 62 valence electrons. The highest BCUT2D eigenvalue weighted by Gasteiger charge is 1.94. The van der Waals surface area contributed by atoms with Crippen molar-refractivity contribution in [2.75, 3.05) is 6.26 Å². The van der Waals surface area contributed by atoms with Crippen LogP contribution in [0.4, 0.5) is 0 Å². The smallest absolute Gasteiger partial charge is 0.129 e. The Kier molecular flexibility index (Phi) is 4.45. The number of rotatable bonds is 3. The van der Waals surface area contributed by atoms with E-state index in [1.54, 1.807) is 6.92 Å². The van der Waals surface area contributed by atoms with Crippen LogP contribution in [0.25, 0.3) is 0 Å². The summed E-state index contributed by atoms with van der Waals surface area (Å²) in [5, 5.41) is 0.684. The number of nitrogens with two attached hydrogens (primary N) is 2. The van der Waals surface area contributed by atoms with Crippen molar-refractivity contribution in [1.29, 1.82) is 0 Å². The highest BCUT2D eigenvalue weighted by molar-refractivity contribution is 8.02. The molecule has 0 saturated carbocycles. The van der Waals surface area contributed by atoms with E-state index in [1.807, 2.05) is 6.26 Å². The minimum Gasteiger partial charge on any atom is -0.404 e. The van der Waals surface area contributed by atoms with E-state index >= 15 is 0 Å². The van der Waals surface area contributed by atoms with Gasteiger partial charge in [-0.3, -0.25) is 0 Å². The fraction of sp³-hybridized carbons (Fsp3) is 0.286. The number of thioether (sulfide) groups is 1. The van der Waals surface area contributed by atoms with Crippen molar-refractivity contribution in [3.05, 3.63) is 23.4 Å². The van der Waals surface area contributed by atoms with Crippen molar-refractivity contribution in [3.63, 3.8) is 0 Å². The van der Waals surface area contributed by atoms with Gasteiger partial charge in [-0.25, -0.2) is 4.99 Å². The molecular weight excluding hydrogens is 158 g/mol. The van der Waals surface area contributed by atoms with Crippen LogP contribution in [-0.2, 0) is 0 Å². The van der Waals surface area contributed by atoms with E-state index < -0.39 is 0 Å². The number of amidine groups is 1. The highest BCUT2D eigenvalue weighted by atomic mass is 32.2. The number of hydrogen-bond donors (Lipinski definition) is 2. The Morgan fingerprint density at radius 1 is 1.64 bits per heavy atom. The van der Waals surface area contributed by atoms with Crippen molar-refractivity contribution in [3.8, 4) is 0 Å². The Bertz CT molecular complexity index is 206. The normalized spacial score (nSPS) is 13.3. The van der Waals surface area contributed by atoms with Gasteiger partial charge in [0.05, 0.1) is 5.03 Å². The molecule has 0 atom stereocenters. The lowest BCUT2D eigenvalue weighted by atomic mass is 10.3. The van der Waals surface area contributed by atoms with Crippen LogP contribution in [0.1, 0.15) is 6.92 Å². The largest absolute Gasteiger partial charge is 0.404 e. The monoisotopic (exact) mass is 171 g/mol. The fourth-order valence-electron chi connectivity index (χ4n) is 0.354. The van der Waals surface area contributed by atoms with E-state index in [4.69, 9.17) is 11.5 Å². The van der Waals surface area contributed by atoms with Crippen LogP contribution in [0.3, 0.4) is 0 Å². The molecule has 0 rings (SSSR count). The second-order valence-corrected chi connectivity index (χ2v) is 2.82. The van der Waals surface area contributed by atoms with Gasteiger partial charge in [0.25, 0.3) is 0 Å². The molecule has 11 heavy (non-hydrogen) atoms. The zero-order chi connectivity index (χ0) is 8.85. The van der Waals surface area contributed by atoms with E-state index in [-0.39, 0.29) is 0 Å². The second-order valence-electron chi connectivity index (χ2n) is 1.94. The molecule has 4 heteroatoms. The standard InChI is InChI=1S/C7H13N3S/c1-5(4-8)7(9)10-6(2)11-3/h4H,2,8H2,1,3H3,(H2,9,10)/b5-4-. The molecule has 0 aromatic carbocycles. The predicted molar refractivity (Wildman–Crippen MR) is 52.2 cm³/mol. The lowest BCUT2D eigenvalue weighted by Crippen LogP contribution is -2.13. The topological polar surface area (TPSA) is 64.4 Å². The van der Waals surface area contributed by atoms with Gasteiger partial charge in [0.15, 0.2) is 0 Å². The molecule has 0 aliphatic rings. The zero-order valence-electron chi connectivity index (χ0n) is 6.79. The molecule has 0 aliphatic heterocycles. The lowest BCUT2D eigenvalue weighted by Gasteiger charge is -1.99. The maximum atomic E-state index is 5.53. The minimum absolute atomic E-state index is 0.423. The maximum Gasteiger partial charge on any atom is 0.129 e. The Morgan fingerprint density at radius 2 is 2.18 bits per heavy atom. The quantitative estimate of drug-likeness (QED) is 0.492. The molecule has 0 aromatic rings. The molecule has 0 unspecified atom stereocenters. The van der Waals surface area contributed by atoms with Gasteiger partial charge in [0, 0.05) is 11.8 Å². The van der Waals surface area contributed by atoms with Gasteiger partial charge >= 0.3 is 0 Å². The molecule has 0 spiro atoms. The fourth-order valence-corrected chi connectivity index (χ4v) is 0.543. The predicted octanol–water partition coefficient (Wildman–Crippen LogP) is 1.04. The van der Waals surface area contributed by atoms with Crippen LogP contribution in [0, 0.1) is 0 Å². The first kappa shape index (κ1) is 10.1. The summed E-state index contributed by atoms with van der Waals surface area (Å²) in [5.74, 6) is 0.423. The molecule has 0 heterocycles. The van der Waals surface area contributed by atoms with Crippen LogP contribution in [0.15, 0.2) is 28.4 Å². The summed E-state index contributed by atoms with van der Waals surface area (Å²) in [6.45, 7) is 5.46. The molecule has 3 nitrogen and oxygen atoms in total. The minimum atomic E-state index is 0.423. The molecule has 4 N–H and O–H groups in total. The van der Waals surface area contributed by atoms with Crippen molar-refractivity contribution >= 4 is 17.6 Å². The molecular formula is C7H13N3S. The molecule has 0 amide bonds. The number of aliphatic imine (C=N–C) groups is 1. The first-order valence-corrected chi connectivity index (χ1v) is 4.30. The molecule has 0 saturated heterocycles. The van der Waals surface area contributed by atoms with Crippen molar-refractivity contribution in [2.45, 2.75) is 6.92 Å². The Hall–Kier alpha value is -0.900. The van der Waals surface area contributed by atoms with Crippen molar-refractivity contribution < 1.29 is 0 Å². The van der Waals surface area contributed by atoms with Gasteiger partial charge in [0.1, 0.15) is 5.84 Å². The van der Waals surface area contributed by atoms with Gasteiger partial charge in [-0.15, -0.1) is 11.8 Å². The summed E-state index contributed by atoms with van der Waals surface area (Å²) in [5.41, 5.74) is 11.5. The summed E-state index contributed by atoms with van der Waals surface area (Å²) >= 11 is 1.45. The van der Waals surface area contributed by atoms with Crippen LogP contribution in [0.2, 0.25) is 0 Å². The van der Waals surface area contributed by atoms with Gasteiger partial charge in [-0.1, -0.05) is 6.58 Å². The van der Waals surface area contributed by atoms with Gasteiger partial charge in [0.2, 0.25) is 0 Å². The SMILES string of the molecule is C=C(/N=C(N)\C(C)=C/N)SC. The van der Waals surface area contributed by atoms with Crippen LogP contribution < -0.4 is 11.5 Å². The third-order valence-electron chi connectivity index (χ3n) is 1.13. The Morgan fingerprint density at radius 3 is 2.55 bits per heavy atom. The summed E-state index contributed by atoms with van der Waals surface area (Å²) in [7, 11) is 0. The maximum absolute atomic E-state index is 5.53. The first-order chi connectivity index (χ1) is 5.11. The molecule has 0 fully saturated rings. The van der Waals surface area contributed by atoms with E-state index in [1.165, 1.54) is 18.0 Å². The second kappa shape index (κ2) is 4.85. The van der Waals surface area contributed by atoms with Crippen LogP contribution >= 0.6 is 11.8 Å². The molecule has 0 aliphatic carbocycles. The Balaban J connectivity index is 4.34. The third-order valence-corrected chi connectivity index (χ3v) is 1.70. The average Bonchev–Trinajstić information content (AvgIpc) is 2.02. The number of nitrogens with zero attached hydrogens (tertiary/aromatic N) is 1. The van der Waals surface area contributed by atoms with Gasteiger partial charge < -0.3 is 11.5 Å². The summed E-state index contributed by atoms with van der Waals surface area (Å²) in [6.07, 6.45) is 3.31. The molecule has 0 radical (unpaired) electrons. The highest BCUT2D eigenvalue weighted by Crippen LogP contribution is 2.09. The van der Waals surface area contributed by atoms with E-state index in [0.717, 1.165) is 5.57 Å². The van der Waals surface area contributed by atoms with E-state index in [2.05, 4.69) is 11.6 Å².